The van der Waals surface area contributed by atoms with E-state index in [1.807, 2.05) is 6.07 Å². The Morgan fingerprint density at radius 3 is 2.35 bits per heavy atom. The van der Waals surface area contributed by atoms with Crippen molar-refractivity contribution < 1.29 is 23.8 Å². The number of nitrogens with zero attached hydrogens (tertiary/aromatic N) is 1. The zero-order valence-electron chi connectivity index (χ0n) is 17.2. The number of carbonyl (C=O) groups excluding carboxylic acids is 2. The van der Waals surface area contributed by atoms with Crippen LogP contribution in [0.15, 0.2) is 48.8 Å². The summed E-state index contributed by atoms with van der Waals surface area (Å²) in [5.74, 6) is 0.229. The lowest BCUT2D eigenvalue weighted by molar-refractivity contribution is -0.115. The molecule has 9 nitrogen and oxygen atoms in total. The molecule has 0 atom stereocenters. The van der Waals surface area contributed by atoms with Gasteiger partial charge in [-0.3, -0.25) is 14.2 Å². The zero-order valence-corrected chi connectivity index (χ0v) is 18.0. The highest BCUT2D eigenvalue weighted by atomic mass is 32.1. The molecule has 0 saturated heterocycles. The number of aromatic amines is 1. The molecule has 0 aliphatic heterocycles. The highest BCUT2D eigenvalue weighted by Gasteiger charge is 2.17. The maximum Gasteiger partial charge on any atom is 0.251 e. The van der Waals surface area contributed by atoms with E-state index in [1.165, 1.54) is 33.5 Å². The average Bonchev–Trinajstić information content (AvgIpc) is 3.22. The van der Waals surface area contributed by atoms with Gasteiger partial charge in [-0.2, -0.15) is 0 Å². The third-order valence-electron chi connectivity index (χ3n) is 4.39. The maximum atomic E-state index is 12.5. The Morgan fingerprint density at radius 2 is 1.77 bits per heavy atom. The molecule has 2 aromatic carbocycles. The minimum Gasteiger partial charge on any atom is -0.493 e. The Balaban J connectivity index is 1.66. The van der Waals surface area contributed by atoms with Crippen LogP contribution in [0.25, 0.3) is 5.69 Å². The number of H-pyrrole nitrogens is 1. The summed E-state index contributed by atoms with van der Waals surface area (Å²) in [6.45, 7) is -0.219. The van der Waals surface area contributed by atoms with Crippen LogP contribution in [-0.4, -0.2) is 49.2 Å². The molecule has 0 spiro atoms. The van der Waals surface area contributed by atoms with E-state index in [0.29, 0.717) is 27.7 Å². The van der Waals surface area contributed by atoms with E-state index in [2.05, 4.69) is 15.6 Å². The number of nitrogens with one attached hydrogen (secondary N) is 3. The number of amides is 2. The molecule has 0 radical (unpaired) electrons. The van der Waals surface area contributed by atoms with E-state index >= 15 is 0 Å². The zero-order chi connectivity index (χ0) is 22.4. The second-order valence-corrected chi connectivity index (χ2v) is 6.72. The van der Waals surface area contributed by atoms with Crippen molar-refractivity contribution in [2.75, 3.05) is 33.2 Å². The first-order valence-corrected chi connectivity index (χ1v) is 9.62. The van der Waals surface area contributed by atoms with Crippen molar-refractivity contribution in [3.05, 3.63) is 59.1 Å². The van der Waals surface area contributed by atoms with E-state index in [9.17, 15) is 9.59 Å². The fraction of sp³-hybridized carbons (Fsp3) is 0.190. The van der Waals surface area contributed by atoms with Crippen molar-refractivity contribution >= 4 is 29.7 Å². The molecule has 0 unspecified atom stereocenters. The molecule has 0 aliphatic rings. The number of ether oxygens (including phenoxy) is 3. The lowest BCUT2D eigenvalue weighted by atomic mass is 10.1. The van der Waals surface area contributed by atoms with Crippen molar-refractivity contribution in [3.63, 3.8) is 0 Å². The second kappa shape index (κ2) is 9.81. The largest absolute Gasteiger partial charge is 0.493 e. The van der Waals surface area contributed by atoms with Gasteiger partial charge < -0.3 is 29.8 Å². The summed E-state index contributed by atoms with van der Waals surface area (Å²) in [7, 11) is 4.39. The first-order valence-electron chi connectivity index (χ1n) is 9.21. The summed E-state index contributed by atoms with van der Waals surface area (Å²) in [6.07, 6.45) is 3.52. The summed E-state index contributed by atoms with van der Waals surface area (Å²) in [4.78, 5) is 27.8. The van der Waals surface area contributed by atoms with Crippen LogP contribution in [0.3, 0.4) is 0 Å². The number of hydrogen-bond acceptors (Lipinski definition) is 6. The lowest BCUT2D eigenvalue weighted by Gasteiger charge is -2.14. The molecule has 10 heteroatoms. The molecule has 162 valence electrons. The van der Waals surface area contributed by atoms with Gasteiger partial charge in [0, 0.05) is 29.3 Å². The topological polar surface area (TPSA) is 107 Å². The Bertz CT molecular complexity index is 1130. The van der Waals surface area contributed by atoms with Crippen LogP contribution in [0.5, 0.6) is 17.2 Å². The number of benzene rings is 2. The highest BCUT2D eigenvalue weighted by molar-refractivity contribution is 7.71. The molecule has 3 N–H and O–H groups in total. The van der Waals surface area contributed by atoms with Gasteiger partial charge in [0.15, 0.2) is 16.3 Å². The second-order valence-electron chi connectivity index (χ2n) is 6.33. The molecular weight excluding hydrogens is 420 g/mol. The quantitative estimate of drug-likeness (QED) is 0.463. The fourth-order valence-corrected chi connectivity index (χ4v) is 3.17. The number of methoxy groups -OCH3 is 3. The van der Waals surface area contributed by atoms with Crippen LogP contribution in [0.2, 0.25) is 0 Å². The number of aromatic nitrogens is 2. The van der Waals surface area contributed by atoms with Gasteiger partial charge >= 0.3 is 0 Å². The molecule has 31 heavy (non-hydrogen) atoms. The summed E-state index contributed by atoms with van der Waals surface area (Å²) < 4.78 is 18.1. The SMILES string of the molecule is COc1cc(C(=O)NCC(=O)Nc2cccc(-n3cc[nH]c3=S)c2)cc(OC)c1OC. The molecule has 0 aliphatic carbocycles. The molecule has 3 rings (SSSR count). The van der Waals surface area contributed by atoms with Crippen LogP contribution in [0.4, 0.5) is 5.69 Å². The van der Waals surface area contributed by atoms with E-state index in [0.717, 1.165) is 5.69 Å². The Morgan fingerprint density at radius 1 is 1.06 bits per heavy atom. The Kier molecular flexibility index (Phi) is 6.93. The maximum absolute atomic E-state index is 12.5. The summed E-state index contributed by atoms with van der Waals surface area (Å²) in [6, 6.07) is 10.2. The van der Waals surface area contributed by atoms with Crippen molar-refractivity contribution in [1.82, 2.24) is 14.9 Å². The molecule has 1 aromatic heterocycles. The third kappa shape index (κ3) is 5.04. The normalized spacial score (nSPS) is 10.3. The number of anilines is 1. The van der Waals surface area contributed by atoms with Crippen LogP contribution < -0.4 is 24.8 Å². The van der Waals surface area contributed by atoms with Crippen LogP contribution in [-0.2, 0) is 4.79 Å². The minimum atomic E-state index is -0.457. The summed E-state index contributed by atoms with van der Waals surface area (Å²) >= 11 is 5.21. The predicted octanol–water partition coefficient (Wildman–Crippen LogP) is 2.93. The van der Waals surface area contributed by atoms with Crippen molar-refractivity contribution in [1.29, 1.82) is 0 Å². The first-order chi connectivity index (χ1) is 15.0. The fourth-order valence-electron chi connectivity index (χ4n) is 2.94. The molecule has 3 aromatic rings. The van der Waals surface area contributed by atoms with Gasteiger partial charge in [0.2, 0.25) is 11.7 Å². The monoisotopic (exact) mass is 442 g/mol. The number of carbonyl (C=O) groups is 2. The molecule has 0 fully saturated rings. The Labute approximate surface area is 183 Å². The number of rotatable bonds is 8. The summed E-state index contributed by atoms with van der Waals surface area (Å²) in [5, 5.41) is 5.33. The van der Waals surface area contributed by atoms with E-state index in [-0.39, 0.29) is 18.0 Å². The predicted molar refractivity (Wildman–Crippen MR) is 118 cm³/mol. The smallest absolute Gasteiger partial charge is 0.251 e. The molecule has 0 bridgehead atoms. The highest BCUT2D eigenvalue weighted by Crippen LogP contribution is 2.38. The van der Waals surface area contributed by atoms with Gasteiger partial charge in [-0.25, -0.2) is 0 Å². The minimum absolute atomic E-state index is 0.219. The van der Waals surface area contributed by atoms with Gasteiger partial charge in [0.05, 0.1) is 27.9 Å². The van der Waals surface area contributed by atoms with Gasteiger partial charge in [-0.1, -0.05) is 6.07 Å². The van der Waals surface area contributed by atoms with Crippen LogP contribution in [0, 0.1) is 4.77 Å². The molecule has 0 saturated carbocycles. The van der Waals surface area contributed by atoms with Gasteiger partial charge in [0.1, 0.15) is 0 Å². The van der Waals surface area contributed by atoms with Crippen LogP contribution >= 0.6 is 12.2 Å². The van der Waals surface area contributed by atoms with E-state index < -0.39 is 5.91 Å². The van der Waals surface area contributed by atoms with Crippen molar-refractivity contribution in [2.45, 2.75) is 0 Å². The lowest BCUT2D eigenvalue weighted by Crippen LogP contribution is -2.32. The van der Waals surface area contributed by atoms with E-state index in [4.69, 9.17) is 26.4 Å². The van der Waals surface area contributed by atoms with Crippen molar-refractivity contribution in [2.24, 2.45) is 0 Å². The third-order valence-corrected chi connectivity index (χ3v) is 4.71. The molecular formula is C21H22N4O5S. The van der Waals surface area contributed by atoms with Crippen molar-refractivity contribution in [3.8, 4) is 22.9 Å². The molecule has 2 amide bonds. The number of hydrogen-bond donors (Lipinski definition) is 3. The van der Waals surface area contributed by atoms with E-state index in [1.54, 1.807) is 35.2 Å². The van der Waals surface area contributed by atoms with Gasteiger partial charge in [-0.15, -0.1) is 0 Å². The first kappa shape index (κ1) is 21.9. The molecule has 1 heterocycles. The standard InChI is InChI=1S/C21H22N4O5S/c1-28-16-9-13(10-17(29-2)19(16)30-3)20(27)23-12-18(26)24-14-5-4-6-15(11-14)25-8-7-22-21(25)31/h4-11H,12H2,1-3H3,(H,22,31)(H,23,27)(H,24,26). The summed E-state index contributed by atoms with van der Waals surface area (Å²) in [5.41, 5.74) is 1.64. The van der Waals surface area contributed by atoms with Gasteiger partial charge in [-0.05, 0) is 42.5 Å². The average molecular weight is 442 g/mol. The Hall–Kier alpha value is -3.79. The van der Waals surface area contributed by atoms with Gasteiger partial charge in [0.25, 0.3) is 5.91 Å². The van der Waals surface area contributed by atoms with Crippen LogP contribution in [0.1, 0.15) is 10.4 Å². The number of imidazole rings is 1.